The Morgan fingerprint density at radius 1 is 1.19 bits per heavy atom. The van der Waals surface area contributed by atoms with E-state index in [2.05, 4.69) is 36.0 Å². The van der Waals surface area contributed by atoms with E-state index in [1.807, 2.05) is 55.6 Å². The molecule has 0 aliphatic heterocycles. The molecule has 0 spiro atoms. The van der Waals surface area contributed by atoms with Crippen molar-refractivity contribution in [1.82, 2.24) is 34.6 Å². The van der Waals surface area contributed by atoms with Gasteiger partial charge < -0.3 is 10.6 Å². The third-order valence-electron chi connectivity index (χ3n) is 4.61. The molecule has 0 bridgehead atoms. The second-order valence-electron chi connectivity index (χ2n) is 7.13. The minimum absolute atomic E-state index is 0.204. The van der Waals surface area contributed by atoms with Crippen LogP contribution in [0.4, 0.5) is 17.3 Å². The molecule has 0 radical (unpaired) electrons. The van der Waals surface area contributed by atoms with Crippen LogP contribution in [0.25, 0.3) is 5.52 Å². The highest BCUT2D eigenvalue weighted by Gasteiger charge is 2.12. The highest BCUT2D eigenvalue weighted by atomic mass is 32.2. The number of anilines is 3. The van der Waals surface area contributed by atoms with E-state index in [1.165, 1.54) is 18.0 Å². The molecule has 1 amide bonds. The van der Waals surface area contributed by atoms with E-state index < -0.39 is 0 Å². The molecule has 0 saturated carbocycles. The van der Waals surface area contributed by atoms with Crippen LogP contribution in [-0.2, 0) is 7.05 Å². The number of aromatic amines is 1. The van der Waals surface area contributed by atoms with E-state index in [0.717, 1.165) is 16.1 Å². The minimum atomic E-state index is -0.204. The summed E-state index contributed by atoms with van der Waals surface area (Å²) >= 11 is 1.43. The minimum Gasteiger partial charge on any atom is -0.322 e. The van der Waals surface area contributed by atoms with E-state index in [0.29, 0.717) is 28.0 Å². The highest BCUT2D eigenvalue weighted by molar-refractivity contribution is 7.99. The van der Waals surface area contributed by atoms with Crippen molar-refractivity contribution in [3.05, 3.63) is 72.3 Å². The summed E-state index contributed by atoms with van der Waals surface area (Å²) in [5, 5.41) is 22.4. The predicted octanol–water partition coefficient (Wildman–Crippen LogP) is 3.64. The molecule has 160 valence electrons. The number of aryl methyl sites for hydroxylation is 2. The zero-order valence-corrected chi connectivity index (χ0v) is 18.1. The molecule has 0 atom stereocenters. The summed E-state index contributed by atoms with van der Waals surface area (Å²) < 4.78 is 3.37. The normalized spacial score (nSPS) is 11.1. The number of aromatic nitrogens is 7. The maximum absolute atomic E-state index is 12.3. The van der Waals surface area contributed by atoms with Crippen molar-refractivity contribution in [2.45, 2.75) is 17.0 Å². The summed E-state index contributed by atoms with van der Waals surface area (Å²) in [6.07, 6.45) is 5.08. The van der Waals surface area contributed by atoms with Crippen molar-refractivity contribution in [2.75, 3.05) is 10.6 Å². The molecule has 32 heavy (non-hydrogen) atoms. The van der Waals surface area contributed by atoms with Gasteiger partial charge in [0.2, 0.25) is 5.16 Å². The summed E-state index contributed by atoms with van der Waals surface area (Å²) in [4.78, 5) is 17.9. The molecule has 0 fully saturated rings. The zero-order valence-electron chi connectivity index (χ0n) is 17.3. The maximum atomic E-state index is 12.3. The van der Waals surface area contributed by atoms with Crippen molar-refractivity contribution < 1.29 is 4.79 Å². The van der Waals surface area contributed by atoms with Crippen molar-refractivity contribution in [1.29, 1.82) is 0 Å². The number of nitrogens with zero attached hydrogens (tertiary/aromatic N) is 6. The first-order valence-corrected chi connectivity index (χ1v) is 10.6. The molecule has 1 aromatic carbocycles. The Balaban J connectivity index is 1.33. The lowest BCUT2D eigenvalue weighted by atomic mass is 10.3. The Morgan fingerprint density at radius 3 is 2.75 bits per heavy atom. The first-order chi connectivity index (χ1) is 15.5. The lowest BCUT2D eigenvalue weighted by Crippen LogP contribution is -2.10. The summed E-state index contributed by atoms with van der Waals surface area (Å²) in [6, 6.07) is 13.3. The Bertz CT molecular complexity index is 1400. The van der Waals surface area contributed by atoms with Gasteiger partial charge in [-0.1, -0.05) is 0 Å². The van der Waals surface area contributed by atoms with Gasteiger partial charge in [-0.3, -0.25) is 14.6 Å². The number of nitrogens with one attached hydrogen (secondary N) is 3. The van der Waals surface area contributed by atoms with Crippen LogP contribution >= 0.6 is 11.8 Å². The van der Waals surface area contributed by atoms with Gasteiger partial charge in [0.1, 0.15) is 5.52 Å². The molecule has 5 aromatic rings. The van der Waals surface area contributed by atoms with Crippen LogP contribution in [0.5, 0.6) is 0 Å². The van der Waals surface area contributed by atoms with Gasteiger partial charge in [0.15, 0.2) is 11.6 Å². The average molecular weight is 446 g/mol. The first-order valence-electron chi connectivity index (χ1n) is 9.76. The first kappa shape index (κ1) is 19.8. The molecular formula is C21H19N9OS. The maximum Gasteiger partial charge on any atom is 0.258 e. The Morgan fingerprint density at radius 2 is 2.03 bits per heavy atom. The topological polar surface area (TPSA) is 118 Å². The number of rotatable bonds is 6. The Labute approximate surface area is 187 Å². The van der Waals surface area contributed by atoms with Crippen molar-refractivity contribution >= 4 is 40.5 Å². The molecule has 0 aliphatic rings. The van der Waals surface area contributed by atoms with E-state index in [4.69, 9.17) is 0 Å². The standard InChI is InChI=1S/C21H19N9OS/c1-13-10-18(27-26-13)24-19-17-4-3-9-30(17)28-21(25-19)32-16-7-5-15(6-8-16)23-20(31)14-11-22-29(2)12-14/h3-12H,1-2H3,(H,23,31)(H2,24,25,26,27,28). The van der Waals surface area contributed by atoms with Crippen LogP contribution in [0.15, 0.2) is 71.1 Å². The number of fused-ring (bicyclic) bond motifs is 1. The fourth-order valence-corrected chi connectivity index (χ4v) is 3.86. The average Bonchev–Trinajstić information content (AvgIpc) is 3.51. The second kappa shape index (κ2) is 8.19. The van der Waals surface area contributed by atoms with Crippen molar-refractivity contribution in [3.63, 3.8) is 0 Å². The molecule has 0 aliphatic carbocycles. The summed E-state index contributed by atoms with van der Waals surface area (Å²) in [7, 11) is 1.77. The van der Waals surface area contributed by atoms with Crippen LogP contribution in [-0.4, -0.2) is 40.5 Å². The molecule has 10 nitrogen and oxygen atoms in total. The number of carbonyl (C=O) groups excluding carboxylic acids is 1. The molecule has 0 saturated heterocycles. The molecular weight excluding hydrogens is 426 g/mol. The monoisotopic (exact) mass is 445 g/mol. The van der Waals surface area contributed by atoms with Gasteiger partial charge in [-0.2, -0.15) is 10.2 Å². The van der Waals surface area contributed by atoms with Gasteiger partial charge in [0, 0.05) is 41.8 Å². The van der Waals surface area contributed by atoms with Gasteiger partial charge in [0.05, 0.1) is 11.8 Å². The van der Waals surface area contributed by atoms with Gasteiger partial charge in [-0.05, 0) is 55.1 Å². The van der Waals surface area contributed by atoms with Crippen LogP contribution in [0, 0.1) is 6.92 Å². The van der Waals surface area contributed by atoms with E-state index in [9.17, 15) is 4.79 Å². The Hall–Kier alpha value is -4.12. The quantitative estimate of drug-likeness (QED) is 0.365. The van der Waals surface area contributed by atoms with E-state index in [1.54, 1.807) is 22.4 Å². The number of amides is 1. The third kappa shape index (κ3) is 4.18. The van der Waals surface area contributed by atoms with Crippen molar-refractivity contribution in [2.24, 2.45) is 7.05 Å². The number of hydrogen-bond acceptors (Lipinski definition) is 7. The molecule has 4 heterocycles. The van der Waals surface area contributed by atoms with Gasteiger partial charge in [-0.25, -0.2) is 9.50 Å². The summed E-state index contributed by atoms with van der Waals surface area (Å²) in [6.45, 7) is 1.94. The Kier molecular flexibility index (Phi) is 5.07. The molecule has 11 heteroatoms. The zero-order chi connectivity index (χ0) is 22.1. The number of carbonyl (C=O) groups is 1. The highest BCUT2D eigenvalue weighted by Crippen LogP contribution is 2.29. The van der Waals surface area contributed by atoms with Crippen LogP contribution in [0.3, 0.4) is 0 Å². The van der Waals surface area contributed by atoms with Crippen LogP contribution in [0.2, 0.25) is 0 Å². The largest absolute Gasteiger partial charge is 0.322 e. The molecule has 5 rings (SSSR count). The molecule has 3 N–H and O–H groups in total. The summed E-state index contributed by atoms with van der Waals surface area (Å²) in [5.74, 6) is 1.15. The lowest BCUT2D eigenvalue weighted by molar-refractivity contribution is 0.102. The SMILES string of the molecule is Cc1cc(Nc2nc(Sc3ccc(NC(=O)c4cnn(C)c4)cc3)nn3cccc23)n[nH]1. The van der Waals surface area contributed by atoms with E-state index >= 15 is 0 Å². The number of hydrogen-bond donors (Lipinski definition) is 3. The van der Waals surface area contributed by atoms with Gasteiger partial charge in [-0.15, -0.1) is 5.10 Å². The summed E-state index contributed by atoms with van der Waals surface area (Å²) in [5.41, 5.74) is 3.01. The van der Waals surface area contributed by atoms with Crippen molar-refractivity contribution in [3.8, 4) is 0 Å². The molecule has 4 aromatic heterocycles. The van der Waals surface area contributed by atoms with E-state index in [-0.39, 0.29) is 5.91 Å². The predicted molar refractivity (Wildman–Crippen MR) is 121 cm³/mol. The fraction of sp³-hybridized carbons (Fsp3) is 0.0952. The number of benzene rings is 1. The second-order valence-corrected chi connectivity index (χ2v) is 8.17. The molecule has 0 unspecified atom stereocenters. The van der Waals surface area contributed by atoms with Gasteiger partial charge in [0.25, 0.3) is 5.91 Å². The smallest absolute Gasteiger partial charge is 0.258 e. The van der Waals surface area contributed by atoms with Crippen LogP contribution in [0.1, 0.15) is 16.1 Å². The van der Waals surface area contributed by atoms with Gasteiger partial charge >= 0.3 is 0 Å². The fourth-order valence-electron chi connectivity index (χ4n) is 3.11. The number of H-pyrrole nitrogens is 1. The third-order valence-corrected chi connectivity index (χ3v) is 5.48. The van der Waals surface area contributed by atoms with Crippen LogP contribution < -0.4 is 10.6 Å². The lowest BCUT2D eigenvalue weighted by Gasteiger charge is -2.08.